The van der Waals surface area contributed by atoms with Gasteiger partial charge in [-0.15, -0.1) is 0 Å². The van der Waals surface area contributed by atoms with E-state index in [0.717, 1.165) is 0 Å². The Labute approximate surface area is 104 Å². The fourth-order valence-electron chi connectivity index (χ4n) is 1.72. The molecule has 3 N–H and O–H groups in total. The fraction of sp³-hybridized carbons (Fsp3) is 0.778. The van der Waals surface area contributed by atoms with Crippen LogP contribution in [0.3, 0.4) is 0 Å². The van der Waals surface area contributed by atoms with Crippen LogP contribution < -0.4 is 5.32 Å². The maximum Gasteiger partial charge on any atom is 0.328 e. The first-order chi connectivity index (χ1) is 8.26. The number of aliphatic hydroxyl groups is 1. The van der Waals surface area contributed by atoms with E-state index in [1.54, 1.807) is 6.92 Å². The molecule has 1 rings (SSSR count). The quantitative estimate of drug-likeness (QED) is 0.564. The predicted molar refractivity (Wildman–Crippen MR) is 61.9 cm³/mol. The highest BCUT2D eigenvalue weighted by Crippen LogP contribution is 2.11. The number of carboxylic acid groups (broad SMARTS) is 1. The lowest BCUT2D eigenvalue weighted by Gasteiger charge is -2.33. The Hall–Kier alpha value is -1.35. The third-order valence-corrected chi connectivity index (χ3v) is 4.50. The molecule has 1 fully saturated rings. The van der Waals surface area contributed by atoms with Crippen molar-refractivity contribution in [1.82, 2.24) is 10.2 Å². The van der Waals surface area contributed by atoms with E-state index in [4.69, 9.17) is 10.2 Å². The maximum absolute atomic E-state index is 11.7. The lowest BCUT2D eigenvalue weighted by atomic mass is 10.3. The zero-order chi connectivity index (χ0) is 13.9. The van der Waals surface area contributed by atoms with Gasteiger partial charge in [-0.05, 0) is 6.92 Å². The molecule has 1 aliphatic heterocycles. The molecule has 0 spiro atoms. The average Bonchev–Trinajstić information content (AvgIpc) is 2.23. The van der Waals surface area contributed by atoms with Crippen molar-refractivity contribution < 1.29 is 28.2 Å². The van der Waals surface area contributed by atoms with Gasteiger partial charge in [0.2, 0.25) is 0 Å². The minimum atomic E-state index is -3.14. The van der Waals surface area contributed by atoms with Gasteiger partial charge in [-0.2, -0.15) is 0 Å². The van der Waals surface area contributed by atoms with Crippen LogP contribution in [0, 0.1) is 0 Å². The number of carbonyl (C=O) groups is 2. The minimum Gasteiger partial charge on any atom is -0.480 e. The van der Waals surface area contributed by atoms with E-state index in [2.05, 4.69) is 5.32 Å². The SMILES string of the molecule is CC1CS(=O)(=O)CCN1C(=O)N[C@@H](CO)C(=O)O. The van der Waals surface area contributed by atoms with Gasteiger partial charge in [-0.3, -0.25) is 0 Å². The molecule has 0 radical (unpaired) electrons. The Morgan fingerprint density at radius 3 is 2.56 bits per heavy atom. The van der Waals surface area contributed by atoms with Gasteiger partial charge < -0.3 is 20.4 Å². The lowest BCUT2D eigenvalue weighted by molar-refractivity contribution is -0.140. The molecular weight excluding hydrogens is 264 g/mol. The second-order valence-corrected chi connectivity index (χ2v) is 6.41. The van der Waals surface area contributed by atoms with Crippen LogP contribution in [-0.2, 0) is 14.6 Å². The van der Waals surface area contributed by atoms with Crippen molar-refractivity contribution in [2.45, 2.75) is 19.0 Å². The zero-order valence-electron chi connectivity index (χ0n) is 9.87. The standard InChI is InChI=1S/C9H16N2O6S/c1-6-5-18(16,17)3-2-11(6)9(15)10-7(4-12)8(13)14/h6-7,12H,2-5H2,1H3,(H,10,15)(H,13,14)/t6?,7-/m0/s1. The predicted octanol–water partition coefficient (Wildman–Crippen LogP) is -1.74. The first-order valence-corrected chi connectivity index (χ1v) is 7.20. The molecule has 8 nitrogen and oxygen atoms in total. The monoisotopic (exact) mass is 280 g/mol. The molecular formula is C9H16N2O6S. The summed E-state index contributed by atoms with van der Waals surface area (Å²) in [6.45, 7) is 0.875. The first kappa shape index (κ1) is 14.7. The fourth-order valence-corrected chi connectivity index (χ4v) is 3.27. The molecule has 104 valence electrons. The maximum atomic E-state index is 11.7. The molecule has 18 heavy (non-hydrogen) atoms. The van der Waals surface area contributed by atoms with E-state index in [0.29, 0.717) is 0 Å². The van der Waals surface area contributed by atoms with Gasteiger partial charge in [0.25, 0.3) is 0 Å². The summed E-state index contributed by atoms with van der Waals surface area (Å²) < 4.78 is 22.6. The molecule has 0 saturated carbocycles. The van der Waals surface area contributed by atoms with Gasteiger partial charge in [0.05, 0.1) is 18.1 Å². The number of carboxylic acids is 1. The summed E-state index contributed by atoms with van der Waals surface area (Å²) in [7, 11) is -3.14. The first-order valence-electron chi connectivity index (χ1n) is 5.38. The molecule has 0 aromatic heterocycles. The van der Waals surface area contributed by atoms with E-state index in [9.17, 15) is 18.0 Å². The highest BCUT2D eigenvalue weighted by atomic mass is 32.2. The van der Waals surface area contributed by atoms with Gasteiger partial charge in [0.15, 0.2) is 15.9 Å². The van der Waals surface area contributed by atoms with Crippen LogP contribution in [0.25, 0.3) is 0 Å². The molecule has 0 aromatic rings. The normalized spacial score (nSPS) is 24.3. The lowest BCUT2D eigenvalue weighted by Crippen LogP contribution is -2.56. The Kier molecular flexibility index (Phi) is 4.52. The molecule has 0 bridgehead atoms. The van der Waals surface area contributed by atoms with E-state index in [-0.39, 0.29) is 18.1 Å². The molecule has 9 heteroatoms. The molecule has 2 atom stereocenters. The molecule has 1 unspecified atom stereocenters. The van der Waals surface area contributed by atoms with Gasteiger partial charge in [-0.25, -0.2) is 18.0 Å². The smallest absolute Gasteiger partial charge is 0.328 e. The highest BCUT2D eigenvalue weighted by Gasteiger charge is 2.32. The van der Waals surface area contributed by atoms with Gasteiger partial charge >= 0.3 is 12.0 Å². The van der Waals surface area contributed by atoms with Crippen molar-refractivity contribution in [2.75, 3.05) is 24.7 Å². The van der Waals surface area contributed by atoms with Gasteiger partial charge in [0, 0.05) is 12.6 Å². The number of nitrogens with one attached hydrogen (secondary N) is 1. The second-order valence-electron chi connectivity index (χ2n) is 4.18. The molecule has 1 aliphatic rings. The van der Waals surface area contributed by atoms with Gasteiger partial charge in [0.1, 0.15) is 0 Å². The van der Waals surface area contributed by atoms with Crippen molar-refractivity contribution in [3.05, 3.63) is 0 Å². The molecule has 1 saturated heterocycles. The number of aliphatic hydroxyl groups excluding tert-OH is 1. The van der Waals surface area contributed by atoms with Crippen molar-refractivity contribution in [2.24, 2.45) is 0 Å². The molecule has 0 aliphatic carbocycles. The van der Waals surface area contributed by atoms with Crippen LogP contribution >= 0.6 is 0 Å². The van der Waals surface area contributed by atoms with E-state index < -0.39 is 40.5 Å². The topological polar surface area (TPSA) is 124 Å². The Morgan fingerprint density at radius 1 is 1.50 bits per heavy atom. The number of hydrogen-bond donors (Lipinski definition) is 3. The largest absolute Gasteiger partial charge is 0.480 e. The summed E-state index contributed by atoms with van der Waals surface area (Å²) >= 11 is 0. The number of nitrogens with zero attached hydrogens (tertiary/aromatic N) is 1. The van der Waals surface area contributed by atoms with Crippen LogP contribution in [0.2, 0.25) is 0 Å². The summed E-state index contributed by atoms with van der Waals surface area (Å²) in [4.78, 5) is 23.6. The third kappa shape index (κ3) is 3.57. The van der Waals surface area contributed by atoms with E-state index >= 15 is 0 Å². The second kappa shape index (κ2) is 5.53. The Bertz CT molecular complexity index is 434. The highest BCUT2D eigenvalue weighted by molar-refractivity contribution is 7.91. The number of urea groups is 1. The van der Waals surface area contributed by atoms with Crippen molar-refractivity contribution in [3.8, 4) is 0 Å². The Balaban J connectivity index is 2.65. The van der Waals surface area contributed by atoms with Crippen molar-refractivity contribution >= 4 is 21.8 Å². The molecule has 0 aromatic carbocycles. The zero-order valence-corrected chi connectivity index (χ0v) is 10.7. The van der Waals surface area contributed by atoms with Gasteiger partial charge in [-0.1, -0.05) is 0 Å². The number of amides is 2. The van der Waals surface area contributed by atoms with Crippen LogP contribution in [-0.4, -0.2) is 72.3 Å². The van der Waals surface area contributed by atoms with Crippen LogP contribution in [0.15, 0.2) is 0 Å². The van der Waals surface area contributed by atoms with Crippen LogP contribution in [0.5, 0.6) is 0 Å². The number of rotatable bonds is 3. The van der Waals surface area contributed by atoms with Crippen LogP contribution in [0.1, 0.15) is 6.92 Å². The van der Waals surface area contributed by atoms with E-state index in [1.165, 1.54) is 4.90 Å². The third-order valence-electron chi connectivity index (χ3n) is 2.71. The Morgan fingerprint density at radius 2 is 2.11 bits per heavy atom. The van der Waals surface area contributed by atoms with E-state index in [1.807, 2.05) is 0 Å². The van der Waals surface area contributed by atoms with Crippen molar-refractivity contribution in [3.63, 3.8) is 0 Å². The molecule has 1 heterocycles. The number of aliphatic carboxylic acids is 1. The summed E-state index contributed by atoms with van der Waals surface area (Å²) in [5.74, 6) is -1.62. The summed E-state index contributed by atoms with van der Waals surface area (Å²) in [5.41, 5.74) is 0. The number of hydrogen-bond acceptors (Lipinski definition) is 5. The van der Waals surface area contributed by atoms with Crippen molar-refractivity contribution in [1.29, 1.82) is 0 Å². The number of carbonyl (C=O) groups excluding carboxylic acids is 1. The summed E-state index contributed by atoms with van der Waals surface area (Å²) in [6.07, 6.45) is 0. The summed E-state index contributed by atoms with van der Waals surface area (Å²) in [5, 5.41) is 19.6. The summed E-state index contributed by atoms with van der Waals surface area (Å²) in [6, 6.07) is -2.58. The van der Waals surface area contributed by atoms with Crippen LogP contribution in [0.4, 0.5) is 4.79 Å². The average molecular weight is 280 g/mol. The minimum absolute atomic E-state index is 0.0209. The number of sulfone groups is 1. The molecule has 2 amide bonds.